The summed E-state index contributed by atoms with van der Waals surface area (Å²) in [7, 11) is -4.07. The predicted octanol–water partition coefficient (Wildman–Crippen LogP) is 1.82. The van der Waals surface area contributed by atoms with E-state index >= 15 is 0 Å². The molecule has 0 aliphatic carbocycles. The molecule has 0 bridgehead atoms. The summed E-state index contributed by atoms with van der Waals surface area (Å²) in [6.45, 7) is 0.730. The number of aromatic hydroxyl groups is 1. The molecule has 0 unspecified atom stereocenters. The minimum Gasteiger partial charge on any atom is -0.508 e. The molecule has 1 fully saturated rings. The first-order chi connectivity index (χ1) is 11.4. The highest BCUT2D eigenvalue weighted by Crippen LogP contribution is 2.37. The van der Waals surface area contributed by atoms with Crippen LogP contribution in [0.25, 0.3) is 0 Å². The molecule has 1 aliphatic rings. The van der Waals surface area contributed by atoms with E-state index in [4.69, 9.17) is 14.6 Å². The molecule has 3 N–H and O–H groups in total. The molecule has 24 heavy (non-hydrogen) atoms. The Kier molecular flexibility index (Phi) is 6.73. The van der Waals surface area contributed by atoms with Crippen LogP contribution < -0.4 is 5.14 Å². The molecular weight excluding hydrogens is 334 g/mol. The van der Waals surface area contributed by atoms with Crippen molar-refractivity contribution in [2.45, 2.75) is 38.2 Å². The fraction of sp³-hybridized carbons (Fsp3) is 0.562. The van der Waals surface area contributed by atoms with Crippen molar-refractivity contribution < 1.29 is 27.8 Å². The van der Waals surface area contributed by atoms with E-state index < -0.39 is 15.1 Å². The standard InChI is InChI=1S/C16H23NO6S/c17-24(20,21)15(19)9-3-1-2-6-12-10-22-11-23-16(12)13-7-4-5-8-14(13)18/h4-5,7-8,12,16,18H,1-3,6,9-11H2,(H2,17,20,21)/t12-,16+/m1/s1. The lowest BCUT2D eigenvalue weighted by atomic mass is 9.90. The van der Waals surface area contributed by atoms with E-state index in [1.807, 2.05) is 12.1 Å². The van der Waals surface area contributed by atoms with Crippen molar-refractivity contribution >= 4 is 15.1 Å². The number of hydrogen-bond acceptors (Lipinski definition) is 6. The summed E-state index contributed by atoms with van der Waals surface area (Å²) in [5, 5.41) is 13.9. The lowest BCUT2D eigenvalue weighted by Crippen LogP contribution is -2.28. The van der Waals surface area contributed by atoms with E-state index in [9.17, 15) is 18.3 Å². The second-order valence-electron chi connectivity index (χ2n) is 5.91. The van der Waals surface area contributed by atoms with Crippen molar-refractivity contribution in [2.75, 3.05) is 13.4 Å². The number of para-hydroxylation sites is 1. The minimum atomic E-state index is -4.07. The van der Waals surface area contributed by atoms with Crippen LogP contribution in [0, 0.1) is 5.92 Å². The number of hydrogen-bond donors (Lipinski definition) is 2. The fourth-order valence-electron chi connectivity index (χ4n) is 2.85. The SMILES string of the molecule is NS(=O)(=O)C(=O)CCCCC[C@@H]1COCO[C@@H]1c1ccccc1O. The number of rotatable bonds is 7. The molecule has 1 aromatic rings. The van der Waals surface area contributed by atoms with Gasteiger partial charge in [0.05, 0.1) is 12.7 Å². The highest BCUT2D eigenvalue weighted by atomic mass is 32.2. The van der Waals surface area contributed by atoms with Crippen LogP contribution >= 0.6 is 0 Å². The predicted molar refractivity (Wildman–Crippen MR) is 87.4 cm³/mol. The number of carbonyl (C=O) groups excluding carboxylic acids is 1. The van der Waals surface area contributed by atoms with Crippen molar-refractivity contribution in [3.63, 3.8) is 0 Å². The molecule has 0 saturated carbocycles. The number of sulfonamides is 1. The number of carbonyl (C=O) groups is 1. The monoisotopic (exact) mass is 357 g/mol. The molecule has 1 saturated heterocycles. The fourth-order valence-corrected chi connectivity index (χ4v) is 3.27. The normalized spacial score (nSPS) is 21.5. The van der Waals surface area contributed by atoms with Gasteiger partial charge in [0, 0.05) is 17.9 Å². The van der Waals surface area contributed by atoms with E-state index in [0.29, 0.717) is 19.4 Å². The summed E-state index contributed by atoms with van der Waals surface area (Å²) < 4.78 is 32.7. The first kappa shape index (κ1) is 18.9. The Morgan fingerprint density at radius 1 is 1.25 bits per heavy atom. The van der Waals surface area contributed by atoms with Crippen molar-refractivity contribution in [3.8, 4) is 5.75 Å². The molecular formula is C16H23NO6S. The number of phenolic OH excluding ortho intramolecular Hbond substituents is 1. The third kappa shape index (κ3) is 5.27. The summed E-state index contributed by atoms with van der Waals surface area (Å²) in [5.41, 5.74) is 0.746. The summed E-state index contributed by atoms with van der Waals surface area (Å²) >= 11 is 0. The Labute approximate surface area is 141 Å². The van der Waals surface area contributed by atoms with Crippen LogP contribution in [0.1, 0.15) is 43.8 Å². The van der Waals surface area contributed by atoms with Gasteiger partial charge in [-0.1, -0.05) is 31.0 Å². The smallest absolute Gasteiger partial charge is 0.271 e. The van der Waals surface area contributed by atoms with Crippen LogP contribution in [-0.4, -0.2) is 32.0 Å². The van der Waals surface area contributed by atoms with Crippen molar-refractivity contribution in [1.29, 1.82) is 0 Å². The average Bonchev–Trinajstić information content (AvgIpc) is 2.54. The zero-order valence-corrected chi connectivity index (χ0v) is 14.2. The topological polar surface area (TPSA) is 116 Å². The highest BCUT2D eigenvalue weighted by molar-refractivity contribution is 8.04. The Balaban J connectivity index is 1.82. The number of nitrogens with two attached hydrogens (primary N) is 1. The zero-order chi connectivity index (χ0) is 17.6. The van der Waals surface area contributed by atoms with E-state index in [1.165, 1.54) is 0 Å². The van der Waals surface area contributed by atoms with Crippen LogP contribution in [0.4, 0.5) is 0 Å². The van der Waals surface area contributed by atoms with E-state index in [2.05, 4.69) is 0 Å². The van der Waals surface area contributed by atoms with Crippen molar-refractivity contribution in [3.05, 3.63) is 29.8 Å². The molecule has 1 aliphatic heterocycles. The van der Waals surface area contributed by atoms with Gasteiger partial charge >= 0.3 is 0 Å². The van der Waals surface area contributed by atoms with E-state index in [0.717, 1.165) is 18.4 Å². The van der Waals surface area contributed by atoms with Gasteiger partial charge in [0.25, 0.3) is 15.1 Å². The Morgan fingerprint density at radius 2 is 2.00 bits per heavy atom. The van der Waals surface area contributed by atoms with E-state index in [-0.39, 0.29) is 31.0 Å². The number of primary sulfonamides is 1. The lowest BCUT2D eigenvalue weighted by molar-refractivity contribution is -0.174. The molecule has 134 valence electrons. The first-order valence-corrected chi connectivity index (χ1v) is 9.47. The quantitative estimate of drug-likeness (QED) is 0.719. The summed E-state index contributed by atoms with van der Waals surface area (Å²) in [5.74, 6) is 0.300. The van der Waals surface area contributed by atoms with Gasteiger partial charge in [0.2, 0.25) is 0 Å². The largest absolute Gasteiger partial charge is 0.508 e. The maximum Gasteiger partial charge on any atom is 0.271 e. The molecule has 0 amide bonds. The van der Waals surface area contributed by atoms with Crippen LogP contribution in [0.2, 0.25) is 0 Å². The number of unbranched alkanes of at least 4 members (excludes halogenated alkanes) is 2. The number of benzene rings is 1. The molecule has 1 heterocycles. The molecule has 0 spiro atoms. The van der Waals surface area contributed by atoms with Gasteiger partial charge < -0.3 is 14.6 Å². The van der Waals surface area contributed by atoms with Gasteiger partial charge in [-0.3, -0.25) is 4.79 Å². The Bertz CT molecular complexity index is 660. The highest BCUT2D eigenvalue weighted by Gasteiger charge is 2.29. The second kappa shape index (κ2) is 8.57. The zero-order valence-electron chi connectivity index (χ0n) is 13.4. The Morgan fingerprint density at radius 3 is 2.71 bits per heavy atom. The van der Waals surface area contributed by atoms with Crippen molar-refractivity contribution in [1.82, 2.24) is 0 Å². The molecule has 0 radical (unpaired) electrons. The summed E-state index contributed by atoms with van der Waals surface area (Å²) in [6.07, 6.45) is 2.50. The van der Waals surface area contributed by atoms with Crippen LogP contribution in [-0.2, 0) is 24.3 Å². The maximum atomic E-state index is 11.2. The third-order valence-electron chi connectivity index (χ3n) is 4.11. The van der Waals surface area contributed by atoms with Gasteiger partial charge in [-0.15, -0.1) is 0 Å². The van der Waals surface area contributed by atoms with Crippen molar-refractivity contribution in [2.24, 2.45) is 11.1 Å². The van der Waals surface area contributed by atoms with Gasteiger partial charge in [0.15, 0.2) is 0 Å². The van der Waals surface area contributed by atoms with Gasteiger partial charge in [-0.2, -0.15) is 0 Å². The minimum absolute atomic E-state index is 0.0561. The average molecular weight is 357 g/mol. The Hall–Kier alpha value is -1.48. The van der Waals surface area contributed by atoms with Gasteiger partial charge in [0.1, 0.15) is 12.5 Å². The van der Waals surface area contributed by atoms with Crippen LogP contribution in [0.3, 0.4) is 0 Å². The molecule has 2 rings (SSSR count). The summed E-state index contributed by atoms with van der Waals surface area (Å²) in [4.78, 5) is 11.2. The third-order valence-corrected chi connectivity index (χ3v) is 4.95. The molecule has 8 heteroatoms. The van der Waals surface area contributed by atoms with Crippen LogP contribution in [0.5, 0.6) is 5.75 Å². The van der Waals surface area contributed by atoms with E-state index in [1.54, 1.807) is 12.1 Å². The number of ether oxygens (including phenoxy) is 2. The lowest BCUT2D eigenvalue weighted by Gasteiger charge is -2.32. The molecule has 0 aromatic heterocycles. The molecule has 2 atom stereocenters. The molecule has 1 aromatic carbocycles. The van der Waals surface area contributed by atoms with Crippen LogP contribution in [0.15, 0.2) is 24.3 Å². The second-order valence-corrected chi connectivity index (χ2v) is 7.46. The van der Waals surface area contributed by atoms with Gasteiger partial charge in [-0.25, -0.2) is 13.6 Å². The summed E-state index contributed by atoms with van der Waals surface area (Å²) in [6, 6.07) is 7.08. The first-order valence-electron chi connectivity index (χ1n) is 7.92. The maximum absolute atomic E-state index is 11.2. The molecule has 7 nitrogen and oxygen atoms in total. The number of phenols is 1. The van der Waals surface area contributed by atoms with Gasteiger partial charge in [-0.05, 0) is 18.9 Å².